The van der Waals surface area contributed by atoms with Gasteiger partial charge < -0.3 is 9.79 Å². The minimum absolute atomic E-state index is 0.619. The van der Waals surface area contributed by atoms with Crippen molar-refractivity contribution in [1.82, 2.24) is 0 Å². The van der Waals surface area contributed by atoms with Gasteiger partial charge in [-0.1, -0.05) is 52.3 Å². The first-order chi connectivity index (χ1) is 10.7. The van der Waals surface area contributed by atoms with Crippen molar-refractivity contribution in [2.24, 2.45) is 0 Å². The van der Waals surface area contributed by atoms with E-state index in [1.807, 2.05) is 24.3 Å². The van der Waals surface area contributed by atoms with E-state index < -0.39 is 18.8 Å². The van der Waals surface area contributed by atoms with Gasteiger partial charge in [-0.05, 0) is 23.3 Å². The summed E-state index contributed by atoms with van der Waals surface area (Å²) >= 11 is 5.02. The highest BCUT2D eigenvalue weighted by molar-refractivity contribution is 9.10. The highest BCUT2D eigenvalue weighted by Crippen LogP contribution is 2.59. The van der Waals surface area contributed by atoms with Crippen molar-refractivity contribution in [2.45, 2.75) is 17.2 Å². The first-order valence-electron chi connectivity index (χ1n) is 6.55. The average Bonchev–Trinajstić information content (AvgIpc) is 2.47. The molecule has 0 heterocycles. The molecule has 124 valence electrons. The van der Waals surface area contributed by atoms with E-state index >= 15 is 0 Å². The lowest BCUT2D eigenvalue weighted by molar-refractivity contribution is 0.0564. The lowest BCUT2D eigenvalue weighted by Gasteiger charge is -2.18. The number of benzene rings is 2. The summed E-state index contributed by atoms with van der Waals surface area (Å²) in [6.45, 7) is 0. The SMILES string of the molecule is O=P(O)(O)C(F)(F)c1ccc(CSCc2cccc(Br)c2)cc1. The van der Waals surface area contributed by atoms with Gasteiger partial charge in [0.2, 0.25) is 0 Å². The summed E-state index contributed by atoms with van der Waals surface area (Å²) in [6.07, 6.45) is 0. The molecule has 0 aliphatic carbocycles. The highest BCUT2D eigenvalue weighted by atomic mass is 79.9. The van der Waals surface area contributed by atoms with Gasteiger partial charge in [0, 0.05) is 21.5 Å². The molecule has 2 N–H and O–H groups in total. The predicted molar refractivity (Wildman–Crippen MR) is 91.5 cm³/mol. The molecular weight excluding hydrogens is 409 g/mol. The zero-order valence-electron chi connectivity index (χ0n) is 11.8. The lowest BCUT2D eigenvalue weighted by atomic mass is 10.1. The predicted octanol–water partition coefficient (Wildman–Crippen LogP) is 5.11. The zero-order valence-corrected chi connectivity index (χ0v) is 15.1. The first-order valence-corrected chi connectivity index (χ1v) is 10.1. The number of rotatable bonds is 6. The van der Waals surface area contributed by atoms with Crippen LogP contribution in [-0.4, -0.2) is 9.79 Å². The van der Waals surface area contributed by atoms with E-state index in [-0.39, 0.29) is 0 Å². The van der Waals surface area contributed by atoms with Crippen LogP contribution in [-0.2, 0) is 21.7 Å². The van der Waals surface area contributed by atoms with Crippen molar-refractivity contribution >= 4 is 35.3 Å². The quantitative estimate of drug-likeness (QED) is 0.635. The molecule has 0 atom stereocenters. The standard InChI is InChI=1S/C15H14BrF2O3PS/c16-14-3-1-2-12(8-14)10-23-9-11-4-6-13(7-5-11)15(17,18)22(19,20)21/h1-8H,9-10H2,(H2,19,20,21). The Labute approximate surface area is 145 Å². The minimum atomic E-state index is -5.51. The van der Waals surface area contributed by atoms with Crippen LogP contribution < -0.4 is 0 Å². The van der Waals surface area contributed by atoms with Crippen LogP contribution in [0.5, 0.6) is 0 Å². The lowest BCUT2D eigenvalue weighted by Crippen LogP contribution is -2.13. The third kappa shape index (κ3) is 4.88. The van der Waals surface area contributed by atoms with E-state index in [0.29, 0.717) is 5.75 Å². The van der Waals surface area contributed by atoms with Gasteiger partial charge in [0.1, 0.15) is 0 Å². The van der Waals surface area contributed by atoms with Gasteiger partial charge in [-0.15, -0.1) is 0 Å². The van der Waals surface area contributed by atoms with Crippen molar-refractivity contribution in [3.8, 4) is 0 Å². The maximum absolute atomic E-state index is 13.5. The van der Waals surface area contributed by atoms with Gasteiger partial charge in [0.15, 0.2) is 0 Å². The normalized spacial score (nSPS) is 12.4. The molecule has 0 fully saturated rings. The summed E-state index contributed by atoms with van der Waals surface area (Å²) in [5.74, 6) is 1.40. The molecule has 8 heteroatoms. The van der Waals surface area contributed by atoms with Gasteiger partial charge in [-0.3, -0.25) is 4.57 Å². The Morgan fingerprint density at radius 3 is 2.22 bits per heavy atom. The zero-order chi connectivity index (χ0) is 17.1. The second-order valence-electron chi connectivity index (χ2n) is 4.90. The fraction of sp³-hybridized carbons (Fsp3) is 0.200. The third-order valence-electron chi connectivity index (χ3n) is 3.09. The molecule has 3 nitrogen and oxygen atoms in total. The molecule has 0 unspecified atom stereocenters. The van der Waals surface area contributed by atoms with Crippen molar-refractivity contribution in [3.63, 3.8) is 0 Å². The highest BCUT2D eigenvalue weighted by Gasteiger charge is 2.50. The smallest absolute Gasteiger partial charge is 0.320 e. The summed E-state index contributed by atoms with van der Waals surface area (Å²) in [7, 11) is -5.51. The summed E-state index contributed by atoms with van der Waals surface area (Å²) < 4.78 is 38.9. The van der Waals surface area contributed by atoms with Crippen LogP contribution in [0.3, 0.4) is 0 Å². The van der Waals surface area contributed by atoms with Crippen LogP contribution in [0.4, 0.5) is 8.78 Å². The molecule has 0 radical (unpaired) electrons. The number of hydrogen-bond acceptors (Lipinski definition) is 2. The van der Waals surface area contributed by atoms with Crippen LogP contribution in [0, 0.1) is 0 Å². The molecule has 0 aromatic heterocycles. The molecule has 2 aromatic carbocycles. The molecular formula is C15H14BrF2O3PS. The molecule has 0 amide bonds. The molecule has 23 heavy (non-hydrogen) atoms. The second kappa shape index (κ2) is 7.45. The number of halogens is 3. The van der Waals surface area contributed by atoms with Crippen molar-refractivity contribution < 1.29 is 23.1 Å². The summed E-state index contributed by atoms with van der Waals surface area (Å²) in [6, 6.07) is 13.0. The summed E-state index contributed by atoms with van der Waals surface area (Å²) in [5.41, 5.74) is -2.87. The Hall–Kier alpha value is -0.720. The average molecular weight is 423 g/mol. The number of alkyl halides is 2. The second-order valence-corrected chi connectivity index (χ2v) is 8.46. The van der Waals surface area contributed by atoms with Crippen LogP contribution in [0.15, 0.2) is 53.0 Å². The third-order valence-corrected chi connectivity index (χ3v) is 5.65. The minimum Gasteiger partial charge on any atom is -0.320 e. The van der Waals surface area contributed by atoms with Gasteiger partial charge >= 0.3 is 13.3 Å². The summed E-state index contributed by atoms with van der Waals surface area (Å²) in [5, 5.41) is 0. The maximum atomic E-state index is 13.5. The fourth-order valence-corrected chi connectivity index (χ4v) is 3.76. The number of thioether (sulfide) groups is 1. The molecule has 2 aromatic rings. The van der Waals surface area contributed by atoms with Crippen LogP contribution in [0.1, 0.15) is 16.7 Å². The molecule has 0 saturated carbocycles. The van der Waals surface area contributed by atoms with Crippen LogP contribution in [0.25, 0.3) is 0 Å². The largest absolute Gasteiger partial charge is 0.399 e. The molecule has 0 spiro atoms. The van der Waals surface area contributed by atoms with Gasteiger partial charge in [-0.2, -0.15) is 20.5 Å². The maximum Gasteiger partial charge on any atom is 0.399 e. The van der Waals surface area contributed by atoms with E-state index in [9.17, 15) is 13.3 Å². The monoisotopic (exact) mass is 422 g/mol. The number of hydrogen-bond donors (Lipinski definition) is 2. The molecule has 0 aliphatic heterocycles. The Balaban J connectivity index is 1.97. The van der Waals surface area contributed by atoms with Gasteiger partial charge in [0.05, 0.1) is 0 Å². The molecule has 0 aliphatic rings. The van der Waals surface area contributed by atoms with E-state index in [2.05, 4.69) is 15.9 Å². The van der Waals surface area contributed by atoms with Crippen LogP contribution in [0.2, 0.25) is 0 Å². The van der Waals surface area contributed by atoms with E-state index in [4.69, 9.17) is 9.79 Å². The topological polar surface area (TPSA) is 57.5 Å². The summed E-state index contributed by atoms with van der Waals surface area (Å²) in [4.78, 5) is 17.4. The van der Waals surface area contributed by atoms with Crippen molar-refractivity contribution in [2.75, 3.05) is 0 Å². The van der Waals surface area contributed by atoms with E-state index in [1.54, 1.807) is 11.8 Å². The van der Waals surface area contributed by atoms with Gasteiger partial charge in [-0.25, -0.2) is 0 Å². The fourth-order valence-electron chi connectivity index (χ4n) is 1.88. The Morgan fingerprint density at radius 2 is 1.65 bits per heavy atom. The van der Waals surface area contributed by atoms with Gasteiger partial charge in [0.25, 0.3) is 0 Å². The van der Waals surface area contributed by atoms with Crippen LogP contribution >= 0.6 is 35.3 Å². The molecule has 2 rings (SSSR count). The Bertz CT molecular complexity index is 719. The molecule has 0 saturated heterocycles. The Morgan fingerprint density at radius 1 is 1.04 bits per heavy atom. The van der Waals surface area contributed by atoms with Crippen molar-refractivity contribution in [1.29, 1.82) is 0 Å². The van der Waals surface area contributed by atoms with E-state index in [0.717, 1.165) is 33.5 Å². The molecule has 0 bridgehead atoms. The van der Waals surface area contributed by atoms with E-state index in [1.165, 1.54) is 12.1 Å². The first kappa shape index (κ1) is 18.6. The Kier molecular flexibility index (Phi) is 6.03. The van der Waals surface area contributed by atoms with Crippen molar-refractivity contribution in [3.05, 3.63) is 69.7 Å².